The van der Waals surface area contributed by atoms with Crippen LogP contribution in [0.25, 0.3) is 6.08 Å². The van der Waals surface area contributed by atoms with Crippen molar-refractivity contribution in [3.63, 3.8) is 0 Å². The van der Waals surface area contributed by atoms with Gasteiger partial charge in [-0.3, -0.25) is 0 Å². The summed E-state index contributed by atoms with van der Waals surface area (Å²) in [6.07, 6.45) is 1.69. The van der Waals surface area contributed by atoms with Crippen molar-refractivity contribution in [1.82, 2.24) is 0 Å². The minimum Gasteiger partial charge on any atom is -0.465 e. The van der Waals surface area contributed by atoms with Gasteiger partial charge in [0.2, 0.25) is 0 Å². The predicted molar refractivity (Wildman–Crippen MR) is 46.7 cm³/mol. The van der Waals surface area contributed by atoms with Crippen molar-refractivity contribution in [2.24, 2.45) is 0 Å². The molecule has 0 saturated carbocycles. The molecule has 1 rings (SSSR count). The number of hydrogen-bond acceptors (Lipinski definition) is 2. The Labute approximate surface area is 71.5 Å². The van der Waals surface area contributed by atoms with Crippen LogP contribution < -0.4 is 0 Å². The molecule has 0 aliphatic rings. The van der Waals surface area contributed by atoms with Crippen molar-refractivity contribution >= 4 is 12.0 Å². The Morgan fingerprint density at radius 1 is 1.67 bits per heavy atom. The number of carbonyl (C=O) groups is 1. The van der Waals surface area contributed by atoms with Gasteiger partial charge in [-0.2, -0.15) is 0 Å². The highest BCUT2D eigenvalue weighted by Crippen LogP contribution is 2.05. The van der Waals surface area contributed by atoms with E-state index in [4.69, 9.17) is 0 Å². The molecular weight excluding hydrogens is 152 g/mol. The summed E-state index contributed by atoms with van der Waals surface area (Å²) < 4.78 is 4.51. The Morgan fingerprint density at radius 3 is 2.83 bits per heavy atom. The normalized spacial score (nSPS) is 9.08. The van der Waals surface area contributed by atoms with Crippen molar-refractivity contribution in [2.45, 2.75) is 0 Å². The molecule has 1 aromatic rings. The van der Waals surface area contributed by atoms with Gasteiger partial charge in [0.05, 0.1) is 12.7 Å². The number of methoxy groups -OCH3 is 1. The summed E-state index contributed by atoms with van der Waals surface area (Å²) in [6.45, 7) is 3.59. The number of hydrogen-bond donors (Lipinski definition) is 0. The van der Waals surface area contributed by atoms with Gasteiger partial charge in [0.1, 0.15) is 0 Å². The summed E-state index contributed by atoms with van der Waals surface area (Å²) >= 11 is 0. The van der Waals surface area contributed by atoms with E-state index in [1.807, 2.05) is 0 Å². The second kappa shape index (κ2) is 3.72. The Bertz CT molecular complexity index is 285. The second-order valence-corrected chi connectivity index (χ2v) is 2.23. The molecule has 0 N–H and O–H groups in total. The highest BCUT2D eigenvalue weighted by atomic mass is 16.5. The third kappa shape index (κ3) is 1.72. The largest absolute Gasteiger partial charge is 0.465 e. The fourth-order valence-electron chi connectivity index (χ4n) is 0.801. The van der Waals surface area contributed by atoms with Gasteiger partial charge in [0, 0.05) is 0 Å². The molecule has 0 unspecified atom stereocenters. The van der Waals surface area contributed by atoms with Crippen LogP contribution in [0.4, 0.5) is 0 Å². The van der Waals surface area contributed by atoms with E-state index < -0.39 is 0 Å². The number of benzene rings is 1. The lowest BCUT2D eigenvalue weighted by atomic mass is 10.1. The average molecular weight is 161 g/mol. The van der Waals surface area contributed by atoms with Gasteiger partial charge in [0.15, 0.2) is 0 Å². The molecule has 61 valence electrons. The molecule has 2 nitrogen and oxygen atoms in total. The molecule has 0 fully saturated rings. The molecule has 0 saturated heterocycles. The first-order valence-electron chi connectivity index (χ1n) is 3.50. The van der Waals surface area contributed by atoms with Crippen LogP contribution in [0, 0.1) is 6.07 Å². The summed E-state index contributed by atoms with van der Waals surface area (Å²) in [5, 5.41) is 0. The third-order valence-corrected chi connectivity index (χ3v) is 1.48. The average Bonchev–Trinajstić information content (AvgIpc) is 2.17. The van der Waals surface area contributed by atoms with E-state index in [0.717, 1.165) is 5.56 Å². The SMILES string of the molecule is C=Cc1c[c]c(C(=O)OC)cc1. The molecule has 0 spiro atoms. The van der Waals surface area contributed by atoms with Crippen molar-refractivity contribution in [2.75, 3.05) is 7.11 Å². The van der Waals surface area contributed by atoms with E-state index in [-0.39, 0.29) is 5.97 Å². The lowest BCUT2D eigenvalue weighted by Gasteiger charge is -1.97. The quantitative estimate of drug-likeness (QED) is 0.619. The van der Waals surface area contributed by atoms with Crippen molar-refractivity contribution in [3.05, 3.63) is 42.0 Å². The zero-order valence-electron chi connectivity index (χ0n) is 6.83. The summed E-state index contributed by atoms with van der Waals surface area (Å²) in [5.74, 6) is -0.370. The number of carbonyl (C=O) groups excluding carboxylic acids is 1. The lowest BCUT2D eigenvalue weighted by Crippen LogP contribution is -2.00. The zero-order valence-corrected chi connectivity index (χ0v) is 6.83. The van der Waals surface area contributed by atoms with E-state index in [1.54, 1.807) is 24.3 Å². The molecule has 0 atom stereocenters. The minimum absolute atomic E-state index is 0.370. The fraction of sp³-hybridized carbons (Fsp3) is 0.100. The van der Waals surface area contributed by atoms with Crippen LogP contribution in [-0.2, 0) is 4.74 Å². The minimum atomic E-state index is -0.370. The van der Waals surface area contributed by atoms with E-state index in [9.17, 15) is 4.79 Å². The smallest absolute Gasteiger partial charge is 0.338 e. The third-order valence-electron chi connectivity index (χ3n) is 1.48. The summed E-state index contributed by atoms with van der Waals surface area (Å²) in [5.41, 5.74) is 1.37. The maximum Gasteiger partial charge on any atom is 0.338 e. The van der Waals surface area contributed by atoms with Crippen molar-refractivity contribution in [3.8, 4) is 0 Å². The molecule has 1 aromatic carbocycles. The van der Waals surface area contributed by atoms with E-state index in [2.05, 4.69) is 17.4 Å². The standard InChI is InChI=1S/C10H9O2/c1-3-8-4-6-9(7-5-8)10(11)12-2/h3-6H,1H2,2H3. The fourth-order valence-corrected chi connectivity index (χ4v) is 0.801. The van der Waals surface area contributed by atoms with Crippen molar-refractivity contribution in [1.29, 1.82) is 0 Å². The molecular formula is C10H9O2. The monoisotopic (exact) mass is 161 g/mol. The van der Waals surface area contributed by atoms with Crippen LogP contribution in [0.15, 0.2) is 24.8 Å². The molecule has 0 aliphatic heterocycles. The van der Waals surface area contributed by atoms with Gasteiger partial charge < -0.3 is 4.74 Å². The van der Waals surface area contributed by atoms with Crippen LogP contribution in [0.1, 0.15) is 15.9 Å². The Kier molecular flexibility index (Phi) is 2.64. The lowest BCUT2D eigenvalue weighted by molar-refractivity contribution is 0.0600. The van der Waals surface area contributed by atoms with Crippen LogP contribution >= 0.6 is 0 Å². The predicted octanol–water partition coefficient (Wildman–Crippen LogP) is 1.92. The maximum atomic E-state index is 10.9. The summed E-state index contributed by atoms with van der Waals surface area (Å²) in [7, 11) is 1.34. The van der Waals surface area contributed by atoms with Crippen molar-refractivity contribution < 1.29 is 9.53 Å². The van der Waals surface area contributed by atoms with Gasteiger partial charge in [-0.25, -0.2) is 4.79 Å². The van der Waals surface area contributed by atoms with Gasteiger partial charge in [-0.05, 0) is 23.8 Å². The Morgan fingerprint density at radius 2 is 2.42 bits per heavy atom. The highest BCUT2D eigenvalue weighted by molar-refractivity contribution is 5.89. The van der Waals surface area contributed by atoms with Crippen LogP contribution in [-0.4, -0.2) is 13.1 Å². The van der Waals surface area contributed by atoms with Gasteiger partial charge >= 0.3 is 5.97 Å². The first-order valence-corrected chi connectivity index (χ1v) is 3.50. The summed E-state index contributed by atoms with van der Waals surface area (Å²) in [4.78, 5) is 10.9. The second-order valence-electron chi connectivity index (χ2n) is 2.23. The summed E-state index contributed by atoms with van der Waals surface area (Å²) in [6, 6.07) is 7.93. The van der Waals surface area contributed by atoms with Gasteiger partial charge in [0.25, 0.3) is 0 Å². The number of esters is 1. The van der Waals surface area contributed by atoms with Crippen LogP contribution in [0.2, 0.25) is 0 Å². The van der Waals surface area contributed by atoms with E-state index in [1.165, 1.54) is 7.11 Å². The Balaban J connectivity index is 2.91. The van der Waals surface area contributed by atoms with Crippen LogP contribution in [0.5, 0.6) is 0 Å². The van der Waals surface area contributed by atoms with E-state index in [0.29, 0.717) is 5.56 Å². The first-order chi connectivity index (χ1) is 5.77. The molecule has 0 amide bonds. The van der Waals surface area contributed by atoms with Gasteiger partial charge in [-0.1, -0.05) is 18.7 Å². The molecule has 1 radical (unpaired) electrons. The molecule has 12 heavy (non-hydrogen) atoms. The van der Waals surface area contributed by atoms with Crippen LogP contribution in [0.3, 0.4) is 0 Å². The maximum absolute atomic E-state index is 10.9. The van der Waals surface area contributed by atoms with E-state index >= 15 is 0 Å². The Hall–Kier alpha value is -1.57. The number of ether oxygens (including phenoxy) is 1. The first kappa shape index (κ1) is 8.53. The molecule has 0 bridgehead atoms. The molecule has 0 heterocycles. The zero-order chi connectivity index (χ0) is 8.97. The number of rotatable bonds is 2. The van der Waals surface area contributed by atoms with Gasteiger partial charge in [-0.15, -0.1) is 0 Å². The molecule has 0 aliphatic carbocycles. The molecule has 0 aromatic heterocycles. The molecule has 2 heteroatoms. The highest BCUT2D eigenvalue weighted by Gasteiger charge is 2.02. The topological polar surface area (TPSA) is 26.3 Å².